The Bertz CT molecular complexity index is 348. The fourth-order valence-corrected chi connectivity index (χ4v) is 2.17. The summed E-state index contributed by atoms with van der Waals surface area (Å²) in [7, 11) is 4.77. The minimum Gasteiger partial charge on any atom is -0.479 e. The van der Waals surface area contributed by atoms with Gasteiger partial charge >= 0.3 is 12.0 Å². The van der Waals surface area contributed by atoms with E-state index < -0.39 is 11.5 Å². The second-order valence-electron chi connectivity index (χ2n) is 4.72. The zero-order valence-electron chi connectivity index (χ0n) is 10.9. The second-order valence-corrected chi connectivity index (χ2v) is 4.72. The Labute approximate surface area is 106 Å². The zero-order valence-corrected chi connectivity index (χ0v) is 10.9. The summed E-state index contributed by atoms with van der Waals surface area (Å²) < 4.78 is 0. The van der Waals surface area contributed by atoms with Gasteiger partial charge in [-0.3, -0.25) is 4.79 Å². The first kappa shape index (κ1) is 14.3. The molecule has 0 saturated carbocycles. The van der Waals surface area contributed by atoms with Crippen LogP contribution in [0, 0.1) is 0 Å². The van der Waals surface area contributed by atoms with Crippen molar-refractivity contribution in [1.29, 1.82) is 0 Å². The number of hydrogen-bond donors (Lipinski definition) is 1. The monoisotopic (exact) mass is 257 g/mol. The topological polar surface area (TPSA) is 81.2 Å². The Balaban J connectivity index is 2.79. The van der Waals surface area contributed by atoms with Gasteiger partial charge in [-0.2, -0.15) is 0 Å². The molecule has 1 saturated heterocycles. The zero-order chi connectivity index (χ0) is 13.9. The Morgan fingerprint density at radius 1 is 1.22 bits per heavy atom. The number of hydrogen-bond acceptors (Lipinski definition) is 3. The molecule has 1 heterocycles. The minimum atomic E-state index is -1.19. The number of likely N-dealkylation sites (N-methyl/N-ethyl adjacent to an activating group) is 1. The van der Waals surface area contributed by atoms with Crippen LogP contribution in [0.4, 0.5) is 4.79 Å². The Kier molecular flexibility index (Phi) is 4.15. The lowest BCUT2D eigenvalue weighted by molar-refractivity contribution is -0.157. The van der Waals surface area contributed by atoms with Gasteiger partial charge in [0.05, 0.1) is 0 Å². The molecule has 18 heavy (non-hydrogen) atoms. The van der Waals surface area contributed by atoms with Gasteiger partial charge in [0.1, 0.15) is 5.54 Å². The molecule has 0 aromatic heterocycles. The van der Waals surface area contributed by atoms with E-state index in [1.54, 1.807) is 19.0 Å². The standard InChI is InChI=1S/C11H19N3O4/c1-12(2)10(18)14-6-4-11(5-7-14,9(16)17)13(3)8-15/h8H,4-7H2,1-3H3,(H,16,17). The number of likely N-dealkylation sites (tertiary alicyclic amines) is 1. The van der Waals surface area contributed by atoms with E-state index in [2.05, 4.69) is 0 Å². The summed E-state index contributed by atoms with van der Waals surface area (Å²) in [6.45, 7) is 0.670. The molecule has 1 N–H and O–H groups in total. The van der Waals surface area contributed by atoms with Crippen molar-refractivity contribution in [3.63, 3.8) is 0 Å². The number of carbonyl (C=O) groups is 3. The highest BCUT2D eigenvalue weighted by Crippen LogP contribution is 2.27. The average molecular weight is 257 g/mol. The molecule has 1 aliphatic heterocycles. The molecule has 0 radical (unpaired) electrons. The van der Waals surface area contributed by atoms with Crippen molar-refractivity contribution in [2.75, 3.05) is 34.2 Å². The summed E-state index contributed by atoms with van der Waals surface area (Å²) in [5, 5.41) is 9.31. The van der Waals surface area contributed by atoms with E-state index in [4.69, 9.17) is 0 Å². The number of piperidine rings is 1. The van der Waals surface area contributed by atoms with Gasteiger partial charge in [-0.05, 0) is 12.8 Å². The maximum Gasteiger partial charge on any atom is 0.329 e. The number of nitrogens with zero attached hydrogens (tertiary/aromatic N) is 3. The van der Waals surface area contributed by atoms with E-state index in [1.807, 2.05) is 0 Å². The molecule has 0 spiro atoms. The number of aliphatic carboxylic acids is 1. The van der Waals surface area contributed by atoms with Crippen molar-refractivity contribution >= 4 is 18.4 Å². The van der Waals surface area contributed by atoms with Crippen LogP contribution in [0.2, 0.25) is 0 Å². The van der Waals surface area contributed by atoms with Gasteiger partial charge in [0.25, 0.3) is 0 Å². The summed E-state index contributed by atoms with van der Waals surface area (Å²) in [5.74, 6) is -1.02. The van der Waals surface area contributed by atoms with Crippen LogP contribution >= 0.6 is 0 Å². The van der Waals surface area contributed by atoms with Gasteiger partial charge in [0, 0.05) is 34.2 Å². The molecule has 0 aromatic rings. The molecule has 0 unspecified atom stereocenters. The van der Waals surface area contributed by atoms with Gasteiger partial charge in [-0.15, -0.1) is 0 Å². The van der Waals surface area contributed by atoms with Gasteiger partial charge in [-0.25, -0.2) is 9.59 Å². The number of carboxylic acid groups (broad SMARTS) is 1. The highest BCUT2D eigenvalue weighted by atomic mass is 16.4. The maximum absolute atomic E-state index is 11.7. The fraction of sp³-hybridized carbons (Fsp3) is 0.727. The van der Waals surface area contributed by atoms with E-state index >= 15 is 0 Å². The summed E-state index contributed by atoms with van der Waals surface area (Å²) in [5.41, 5.74) is -1.19. The lowest BCUT2D eigenvalue weighted by atomic mass is 9.86. The number of urea groups is 1. The quantitative estimate of drug-likeness (QED) is 0.702. The molecule has 0 atom stereocenters. The van der Waals surface area contributed by atoms with Crippen LogP contribution in [0.1, 0.15) is 12.8 Å². The summed E-state index contributed by atoms with van der Waals surface area (Å²) >= 11 is 0. The normalized spacial score (nSPS) is 18.1. The number of carboxylic acids is 1. The summed E-state index contributed by atoms with van der Waals surface area (Å²) in [4.78, 5) is 38.2. The van der Waals surface area contributed by atoms with Gasteiger partial charge in [0.15, 0.2) is 0 Å². The van der Waals surface area contributed by atoms with Crippen molar-refractivity contribution in [1.82, 2.24) is 14.7 Å². The van der Waals surface area contributed by atoms with Crippen molar-refractivity contribution in [2.24, 2.45) is 0 Å². The van der Waals surface area contributed by atoms with Crippen LogP contribution in [0.15, 0.2) is 0 Å². The van der Waals surface area contributed by atoms with Gasteiger partial charge in [-0.1, -0.05) is 0 Å². The molecule has 7 heteroatoms. The van der Waals surface area contributed by atoms with Crippen LogP contribution < -0.4 is 0 Å². The third-order valence-corrected chi connectivity index (χ3v) is 3.48. The summed E-state index contributed by atoms with van der Waals surface area (Å²) in [6.07, 6.45) is 1.02. The first-order valence-corrected chi connectivity index (χ1v) is 5.73. The molecule has 1 fully saturated rings. The molecule has 3 amide bonds. The van der Waals surface area contributed by atoms with Crippen LogP contribution in [0.25, 0.3) is 0 Å². The molecule has 0 aromatic carbocycles. The van der Waals surface area contributed by atoms with Gasteiger partial charge < -0.3 is 19.8 Å². The predicted molar refractivity (Wildman–Crippen MR) is 64.1 cm³/mol. The van der Waals surface area contributed by atoms with E-state index in [0.717, 1.165) is 0 Å². The first-order valence-electron chi connectivity index (χ1n) is 5.73. The third kappa shape index (κ3) is 2.39. The molecular weight excluding hydrogens is 238 g/mol. The molecule has 1 rings (SSSR count). The molecule has 1 aliphatic rings. The SMILES string of the molecule is CN(C)C(=O)N1CCC(C(=O)O)(N(C)C=O)CC1. The van der Waals surface area contributed by atoms with E-state index in [9.17, 15) is 19.5 Å². The van der Waals surface area contributed by atoms with Crippen LogP contribution in [0.3, 0.4) is 0 Å². The van der Waals surface area contributed by atoms with Crippen LogP contribution in [-0.2, 0) is 9.59 Å². The second kappa shape index (κ2) is 5.24. The highest BCUT2D eigenvalue weighted by molar-refractivity contribution is 5.82. The van der Waals surface area contributed by atoms with E-state index in [0.29, 0.717) is 19.5 Å². The van der Waals surface area contributed by atoms with Crippen LogP contribution in [0.5, 0.6) is 0 Å². The summed E-state index contributed by atoms with van der Waals surface area (Å²) in [6, 6.07) is -0.136. The lowest BCUT2D eigenvalue weighted by Gasteiger charge is -2.43. The molecule has 102 valence electrons. The number of carbonyl (C=O) groups excluding carboxylic acids is 2. The smallest absolute Gasteiger partial charge is 0.329 e. The van der Waals surface area contributed by atoms with Gasteiger partial charge in [0.2, 0.25) is 6.41 Å². The molecule has 0 bridgehead atoms. The van der Waals surface area contributed by atoms with Crippen molar-refractivity contribution in [3.8, 4) is 0 Å². The Hall–Kier alpha value is -1.79. The van der Waals surface area contributed by atoms with Crippen molar-refractivity contribution in [3.05, 3.63) is 0 Å². The maximum atomic E-state index is 11.7. The fourth-order valence-electron chi connectivity index (χ4n) is 2.17. The van der Waals surface area contributed by atoms with Crippen molar-refractivity contribution < 1.29 is 19.5 Å². The molecule has 0 aliphatic carbocycles. The Morgan fingerprint density at radius 3 is 2.06 bits per heavy atom. The minimum absolute atomic E-state index is 0.136. The lowest BCUT2D eigenvalue weighted by Crippen LogP contribution is -2.59. The predicted octanol–water partition coefficient (Wildman–Crippen LogP) is -0.325. The van der Waals surface area contributed by atoms with E-state index in [1.165, 1.54) is 16.8 Å². The Morgan fingerprint density at radius 2 is 1.72 bits per heavy atom. The number of rotatable bonds is 3. The van der Waals surface area contributed by atoms with Crippen LogP contribution in [-0.4, -0.2) is 78.0 Å². The van der Waals surface area contributed by atoms with E-state index in [-0.39, 0.29) is 18.9 Å². The highest BCUT2D eigenvalue weighted by Gasteiger charge is 2.45. The molecular formula is C11H19N3O4. The molecule has 7 nitrogen and oxygen atoms in total. The average Bonchev–Trinajstić information content (AvgIpc) is 2.36. The third-order valence-electron chi connectivity index (χ3n) is 3.48. The number of amides is 3. The largest absolute Gasteiger partial charge is 0.479 e. The first-order chi connectivity index (χ1) is 8.35. The van der Waals surface area contributed by atoms with Crippen molar-refractivity contribution in [2.45, 2.75) is 18.4 Å².